The molecule has 2 fully saturated rings. The van der Waals surface area contributed by atoms with E-state index in [0.717, 1.165) is 31.2 Å². The Morgan fingerprint density at radius 1 is 1.13 bits per heavy atom. The SMILES string of the molecule is N[C@@H](Cc1ccccc1)C(=O)N1CCC(NC(=O)C2CC2)CC1. The number of nitrogens with zero attached hydrogens (tertiary/aromatic N) is 1. The molecule has 1 aromatic rings. The van der Waals surface area contributed by atoms with E-state index in [1.165, 1.54) is 0 Å². The van der Waals surface area contributed by atoms with Gasteiger partial charge >= 0.3 is 0 Å². The number of nitrogens with one attached hydrogen (secondary N) is 1. The van der Waals surface area contributed by atoms with Crippen LogP contribution in [0.3, 0.4) is 0 Å². The number of rotatable bonds is 5. The second-order valence-corrected chi connectivity index (χ2v) is 6.68. The number of piperidine rings is 1. The smallest absolute Gasteiger partial charge is 0.239 e. The molecule has 0 unspecified atom stereocenters. The molecule has 0 bridgehead atoms. The van der Waals surface area contributed by atoms with Crippen molar-refractivity contribution in [3.8, 4) is 0 Å². The van der Waals surface area contributed by atoms with E-state index in [9.17, 15) is 9.59 Å². The largest absolute Gasteiger partial charge is 0.353 e. The first kappa shape index (κ1) is 16.0. The summed E-state index contributed by atoms with van der Waals surface area (Å²) in [6.07, 6.45) is 4.26. The van der Waals surface area contributed by atoms with E-state index in [1.54, 1.807) is 0 Å². The topological polar surface area (TPSA) is 75.4 Å². The number of hydrogen-bond acceptors (Lipinski definition) is 3. The molecule has 0 spiro atoms. The summed E-state index contributed by atoms with van der Waals surface area (Å²) in [6, 6.07) is 9.57. The van der Waals surface area contributed by atoms with E-state index in [-0.39, 0.29) is 23.8 Å². The van der Waals surface area contributed by atoms with Gasteiger partial charge in [0.25, 0.3) is 0 Å². The van der Waals surface area contributed by atoms with Gasteiger partial charge in [0.15, 0.2) is 0 Å². The van der Waals surface area contributed by atoms with Gasteiger partial charge in [-0.2, -0.15) is 0 Å². The minimum Gasteiger partial charge on any atom is -0.353 e. The normalized spacial score (nSPS) is 20.1. The standard InChI is InChI=1S/C18H25N3O2/c19-16(12-13-4-2-1-3-5-13)18(23)21-10-8-15(9-11-21)20-17(22)14-6-7-14/h1-5,14-16H,6-12,19H2,(H,20,22)/t16-/m0/s1. The molecule has 3 N–H and O–H groups in total. The molecule has 1 saturated heterocycles. The second kappa shape index (κ2) is 7.13. The fraction of sp³-hybridized carbons (Fsp3) is 0.556. The van der Waals surface area contributed by atoms with Crippen molar-refractivity contribution >= 4 is 11.8 Å². The molecule has 1 aromatic carbocycles. The Balaban J connectivity index is 1.44. The molecule has 124 valence electrons. The zero-order valence-electron chi connectivity index (χ0n) is 13.4. The van der Waals surface area contributed by atoms with Gasteiger partial charge in [-0.05, 0) is 37.7 Å². The zero-order valence-corrected chi connectivity index (χ0v) is 13.4. The molecule has 1 atom stereocenters. The van der Waals surface area contributed by atoms with Crippen LogP contribution in [0, 0.1) is 5.92 Å². The summed E-state index contributed by atoms with van der Waals surface area (Å²) >= 11 is 0. The summed E-state index contributed by atoms with van der Waals surface area (Å²) in [6.45, 7) is 1.36. The van der Waals surface area contributed by atoms with Crippen molar-refractivity contribution in [1.29, 1.82) is 0 Å². The van der Waals surface area contributed by atoms with Gasteiger partial charge in [0.05, 0.1) is 6.04 Å². The lowest BCUT2D eigenvalue weighted by atomic mass is 10.0. The Labute approximate surface area is 137 Å². The van der Waals surface area contributed by atoms with Gasteiger partial charge in [-0.1, -0.05) is 30.3 Å². The molecule has 1 aliphatic heterocycles. The van der Waals surface area contributed by atoms with E-state index in [0.29, 0.717) is 19.5 Å². The van der Waals surface area contributed by atoms with Gasteiger partial charge in [-0.25, -0.2) is 0 Å². The first-order valence-electron chi connectivity index (χ1n) is 8.52. The lowest BCUT2D eigenvalue weighted by molar-refractivity contribution is -0.133. The third-order valence-corrected chi connectivity index (χ3v) is 4.72. The van der Waals surface area contributed by atoms with Crippen LogP contribution in [-0.2, 0) is 16.0 Å². The van der Waals surface area contributed by atoms with Crippen molar-refractivity contribution in [3.05, 3.63) is 35.9 Å². The van der Waals surface area contributed by atoms with Crippen molar-refractivity contribution in [2.75, 3.05) is 13.1 Å². The maximum absolute atomic E-state index is 12.5. The third kappa shape index (κ3) is 4.32. The highest BCUT2D eigenvalue weighted by Gasteiger charge is 2.32. The van der Waals surface area contributed by atoms with Crippen LogP contribution in [0.5, 0.6) is 0 Å². The Morgan fingerprint density at radius 3 is 2.39 bits per heavy atom. The molecule has 0 aromatic heterocycles. The van der Waals surface area contributed by atoms with E-state index in [1.807, 2.05) is 35.2 Å². The van der Waals surface area contributed by atoms with Crippen LogP contribution >= 0.6 is 0 Å². The van der Waals surface area contributed by atoms with Crippen LogP contribution in [0.1, 0.15) is 31.2 Å². The monoisotopic (exact) mass is 315 g/mol. The number of carbonyl (C=O) groups is 2. The predicted molar refractivity (Wildman–Crippen MR) is 88.6 cm³/mol. The van der Waals surface area contributed by atoms with Crippen LogP contribution < -0.4 is 11.1 Å². The number of likely N-dealkylation sites (tertiary alicyclic amines) is 1. The van der Waals surface area contributed by atoms with Crippen molar-refractivity contribution in [3.63, 3.8) is 0 Å². The lowest BCUT2D eigenvalue weighted by Gasteiger charge is -2.34. The molecule has 23 heavy (non-hydrogen) atoms. The molecule has 1 saturated carbocycles. The third-order valence-electron chi connectivity index (χ3n) is 4.72. The Bertz CT molecular complexity index is 549. The molecule has 5 heteroatoms. The lowest BCUT2D eigenvalue weighted by Crippen LogP contribution is -2.51. The molecule has 1 heterocycles. The van der Waals surface area contributed by atoms with Crippen LogP contribution in [0.2, 0.25) is 0 Å². The van der Waals surface area contributed by atoms with Gasteiger partial charge in [-0.15, -0.1) is 0 Å². The highest BCUT2D eigenvalue weighted by Crippen LogP contribution is 2.29. The predicted octanol–water partition coefficient (Wildman–Crippen LogP) is 1.07. The molecular formula is C18H25N3O2. The highest BCUT2D eigenvalue weighted by molar-refractivity contribution is 5.82. The van der Waals surface area contributed by atoms with Gasteiger partial charge in [0, 0.05) is 25.0 Å². The van der Waals surface area contributed by atoms with Crippen molar-refractivity contribution < 1.29 is 9.59 Å². The van der Waals surface area contributed by atoms with Crippen LogP contribution in [0.4, 0.5) is 0 Å². The average molecular weight is 315 g/mol. The fourth-order valence-electron chi connectivity index (χ4n) is 3.10. The summed E-state index contributed by atoms with van der Waals surface area (Å²) < 4.78 is 0. The summed E-state index contributed by atoms with van der Waals surface area (Å²) in [4.78, 5) is 26.1. The minimum atomic E-state index is -0.491. The quantitative estimate of drug-likeness (QED) is 0.853. The molecule has 1 aliphatic carbocycles. The molecule has 2 amide bonds. The first-order chi connectivity index (χ1) is 11.1. The molecular weight excluding hydrogens is 290 g/mol. The van der Waals surface area contributed by atoms with E-state index < -0.39 is 6.04 Å². The average Bonchev–Trinajstić information content (AvgIpc) is 3.41. The van der Waals surface area contributed by atoms with Crippen LogP contribution in [-0.4, -0.2) is 41.9 Å². The van der Waals surface area contributed by atoms with E-state index >= 15 is 0 Å². The van der Waals surface area contributed by atoms with E-state index in [4.69, 9.17) is 5.73 Å². The zero-order chi connectivity index (χ0) is 16.2. The second-order valence-electron chi connectivity index (χ2n) is 6.68. The maximum atomic E-state index is 12.5. The van der Waals surface area contributed by atoms with Crippen molar-refractivity contribution in [2.45, 2.75) is 44.2 Å². The number of nitrogens with two attached hydrogens (primary N) is 1. The highest BCUT2D eigenvalue weighted by atomic mass is 16.2. The molecule has 5 nitrogen and oxygen atoms in total. The molecule has 0 radical (unpaired) electrons. The summed E-state index contributed by atoms with van der Waals surface area (Å²) in [5.41, 5.74) is 7.17. The number of amides is 2. The van der Waals surface area contributed by atoms with Crippen LogP contribution in [0.15, 0.2) is 30.3 Å². The number of benzene rings is 1. The van der Waals surface area contributed by atoms with Gasteiger partial charge in [-0.3, -0.25) is 9.59 Å². The van der Waals surface area contributed by atoms with Crippen molar-refractivity contribution in [2.24, 2.45) is 11.7 Å². The Hall–Kier alpha value is -1.88. The maximum Gasteiger partial charge on any atom is 0.239 e. The summed E-state index contributed by atoms with van der Waals surface area (Å²) in [7, 11) is 0. The Morgan fingerprint density at radius 2 is 1.78 bits per heavy atom. The number of carbonyl (C=O) groups excluding carboxylic acids is 2. The summed E-state index contributed by atoms with van der Waals surface area (Å²) in [5.74, 6) is 0.449. The van der Waals surface area contributed by atoms with Crippen molar-refractivity contribution in [1.82, 2.24) is 10.2 Å². The molecule has 3 rings (SSSR count). The fourth-order valence-corrected chi connectivity index (χ4v) is 3.10. The number of hydrogen-bond donors (Lipinski definition) is 2. The Kier molecular flexibility index (Phi) is 4.96. The van der Waals surface area contributed by atoms with Gasteiger partial charge < -0.3 is 16.0 Å². The summed E-state index contributed by atoms with van der Waals surface area (Å²) in [5, 5.41) is 3.10. The molecule has 2 aliphatic rings. The van der Waals surface area contributed by atoms with Gasteiger partial charge in [0.1, 0.15) is 0 Å². The minimum absolute atomic E-state index is 0.0147. The van der Waals surface area contributed by atoms with E-state index in [2.05, 4.69) is 5.32 Å². The van der Waals surface area contributed by atoms with Gasteiger partial charge in [0.2, 0.25) is 11.8 Å². The van der Waals surface area contributed by atoms with Crippen LogP contribution in [0.25, 0.3) is 0 Å². The first-order valence-corrected chi connectivity index (χ1v) is 8.52.